The van der Waals surface area contributed by atoms with E-state index in [0.717, 1.165) is 0 Å². The first kappa shape index (κ1) is 16.3. The van der Waals surface area contributed by atoms with Crippen LogP contribution in [0.15, 0.2) is 30.5 Å². The first-order chi connectivity index (χ1) is 9.58. The van der Waals surface area contributed by atoms with Crippen LogP contribution in [0.5, 0.6) is 0 Å². The zero-order valence-corrected chi connectivity index (χ0v) is 12.0. The average Bonchev–Trinajstić information content (AvgIpc) is 2.43. The second-order valence-electron chi connectivity index (χ2n) is 4.92. The van der Waals surface area contributed by atoms with Crippen molar-refractivity contribution >= 4 is 12.0 Å². The fourth-order valence-corrected chi connectivity index (χ4v) is 1.41. The van der Waals surface area contributed by atoms with Crippen molar-refractivity contribution < 1.29 is 14.6 Å². The van der Waals surface area contributed by atoms with E-state index in [2.05, 4.69) is 10.3 Å². The molecule has 1 atom stereocenters. The van der Waals surface area contributed by atoms with Crippen LogP contribution in [0.25, 0.3) is 6.08 Å². The van der Waals surface area contributed by atoms with Gasteiger partial charge in [0, 0.05) is 25.4 Å². The van der Waals surface area contributed by atoms with Crippen molar-refractivity contribution in [3.05, 3.63) is 36.2 Å². The molecule has 0 aliphatic carbocycles. The number of nitrogens with zero attached hydrogens (tertiary/aromatic N) is 1. The maximum Gasteiger partial charge on any atom is 0.244 e. The molecule has 0 saturated heterocycles. The Morgan fingerprint density at radius 1 is 1.45 bits per heavy atom. The fourth-order valence-electron chi connectivity index (χ4n) is 1.41. The summed E-state index contributed by atoms with van der Waals surface area (Å²) in [6.07, 6.45) is 3.98. The first-order valence-electron chi connectivity index (χ1n) is 6.70. The Kier molecular flexibility index (Phi) is 7.54. The van der Waals surface area contributed by atoms with Gasteiger partial charge in [0.05, 0.1) is 18.4 Å². The van der Waals surface area contributed by atoms with E-state index in [1.807, 2.05) is 26.0 Å². The van der Waals surface area contributed by atoms with E-state index in [-0.39, 0.29) is 19.1 Å². The van der Waals surface area contributed by atoms with Crippen molar-refractivity contribution in [1.29, 1.82) is 0 Å². The van der Waals surface area contributed by atoms with Crippen molar-refractivity contribution in [3.63, 3.8) is 0 Å². The Morgan fingerprint density at radius 3 is 2.90 bits per heavy atom. The molecule has 2 N–H and O–H groups in total. The predicted molar refractivity (Wildman–Crippen MR) is 77.9 cm³/mol. The second-order valence-corrected chi connectivity index (χ2v) is 4.92. The van der Waals surface area contributed by atoms with E-state index < -0.39 is 6.10 Å². The summed E-state index contributed by atoms with van der Waals surface area (Å²) in [4.78, 5) is 15.6. The number of aromatic nitrogens is 1. The van der Waals surface area contributed by atoms with Crippen LogP contribution in [0, 0.1) is 5.92 Å². The number of hydrogen-bond donors (Lipinski definition) is 2. The van der Waals surface area contributed by atoms with Crippen LogP contribution < -0.4 is 5.32 Å². The van der Waals surface area contributed by atoms with Gasteiger partial charge in [0.1, 0.15) is 0 Å². The van der Waals surface area contributed by atoms with E-state index in [1.165, 1.54) is 6.08 Å². The number of ether oxygens (including phenoxy) is 1. The van der Waals surface area contributed by atoms with Gasteiger partial charge in [-0.25, -0.2) is 0 Å². The third kappa shape index (κ3) is 7.66. The molecule has 1 aromatic rings. The smallest absolute Gasteiger partial charge is 0.244 e. The summed E-state index contributed by atoms with van der Waals surface area (Å²) < 4.78 is 5.29. The molecular weight excluding hydrogens is 256 g/mol. The zero-order valence-electron chi connectivity index (χ0n) is 12.0. The van der Waals surface area contributed by atoms with Crippen molar-refractivity contribution in [2.45, 2.75) is 20.0 Å². The Morgan fingerprint density at radius 2 is 2.25 bits per heavy atom. The first-order valence-corrected chi connectivity index (χ1v) is 6.70. The van der Waals surface area contributed by atoms with Gasteiger partial charge < -0.3 is 15.2 Å². The molecule has 110 valence electrons. The van der Waals surface area contributed by atoms with Gasteiger partial charge in [-0.05, 0) is 24.1 Å². The van der Waals surface area contributed by atoms with E-state index in [1.54, 1.807) is 18.3 Å². The maximum absolute atomic E-state index is 11.5. The van der Waals surface area contributed by atoms with Crippen molar-refractivity contribution in [1.82, 2.24) is 10.3 Å². The van der Waals surface area contributed by atoms with Gasteiger partial charge in [-0.3, -0.25) is 9.78 Å². The molecule has 1 unspecified atom stereocenters. The molecule has 0 aromatic carbocycles. The number of hydrogen-bond acceptors (Lipinski definition) is 4. The summed E-state index contributed by atoms with van der Waals surface area (Å²) in [6.45, 7) is 5.07. The normalized spacial score (nSPS) is 12.8. The molecule has 0 bridgehead atoms. The van der Waals surface area contributed by atoms with Gasteiger partial charge in [0.25, 0.3) is 0 Å². The highest BCUT2D eigenvalue weighted by Crippen LogP contribution is 1.96. The summed E-state index contributed by atoms with van der Waals surface area (Å²) >= 11 is 0. The highest BCUT2D eigenvalue weighted by Gasteiger charge is 2.06. The van der Waals surface area contributed by atoms with Crippen LogP contribution in [-0.2, 0) is 9.53 Å². The van der Waals surface area contributed by atoms with Crippen molar-refractivity contribution in [2.75, 3.05) is 19.8 Å². The van der Waals surface area contributed by atoms with Gasteiger partial charge in [0.2, 0.25) is 5.91 Å². The molecule has 0 aliphatic heterocycles. The lowest BCUT2D eigenvalue weighted by Gasteiger charge is -2.12. The minimum Gasteiger partial charge on any atom is -0.389 e. The third-order valence-electron chi connectivity index (χ3n) is 2.37. The molecule has 1 heterocycles. The molecule has 20 heavy (non-hydrogen) atoms. The standard InChI is InChI=1S/C15H22N2O3/c1-12(2)10-20-11-14(18)9-17-15(19)7-6-13-5-3-4-8-16-13/h3-8,12,14,18H,9-11H2,1-2H3,(H,17,19)/b7-6+. The third-order valence-corrected chi connectivity index (χ3v) is 2.37. The van der Waals surface area contributed by atoms with Crippen LogP contribution in [0.3, 0.4) is 0 Å². The fraction of sp³-hybridized carbons (Fsp3) is 0.467. The van der Waals surface area contributed by atoms with Crippen LogP contribution in [-0.4, -0.2) is 41.9 Å². The maximum atomic E-state index is 11.5. The highest BCUT2D eigenvalue weighted by atomic mass is 16.5. The topological polar surface area (TPSA) is 71.5 Å². The van der Waals surface area contributed by atoms with Crippen LogP contribution in [0.1, 0.15) is 19.5 Å². The average molecular weight is 278 g/mol. The number of aliphatic hydroxyl groups excluding tert-OH is 1. The SMILES string of the molecule is CC(C)COCC(O)CNC(=O)/C=C/c1ccccn1. The van der Waals surface area contributed by atoms with Gasteiger partial charge in [-0.2, -0.15) is 0 Å². The molecule has 5 nitrogen and oxygen atoms in total. The summed E-state index contributed by atoms with van der Waals surface area (Å²) in [7, 11) is 0. The highest BCUT2D eigenvalue weighted by molar-refractivity contribution is 5.91. The quantitative estimate of drug-likeness (QED) is 0.702. The van der Waals surface area contributed by atoms with E-state index in [9.17, 15) is 9.90 Å². The summed E-state index contributed by atoms with van der Waals surface area (Å²) in [5.41, 5.74) is 0.712. The Hall–Kier alpha value is -1.72. The zero-order chi connectivity index (χ0) is 14.8. The summed E-state index contributed by atoms with van der Waals surface area (Å²) in [5, 5.41) is 12.2. The summed E-state index contributed by atoms with van der Waals surface area (Å²) in [5.74, 6) is 0.164. The number of carbonyl (C=O) groups excluding carboxylic acids is 1. The van der Waals surface area contributed by atoms with Crippen LogP contribution in [0.4, 0.5) is 0 Å². The second kappa shape index (κ2) is 9.23. The molecule has 0 saturated carbocycles. The number of nitrogens with one attached hydrogen (secondary N) is 1. The monoisotopic (exact) mass is 278 g/mol. The number of pyridine rings is 1. The van der Waals surface area contributed by atoms with Crippen LogP contribution in [0.2, 0.25) is 0 Å². The lowest BCUT2D eigenvalue weighted by molar-refractivity contribution is -0.117. The number of rotatable bonds is 8. The number of carbonyl (C=O) groups is 1. The minimum absolute atomic E-state index is 0.170. The van der Waals surface area contributed by atoms with Crippen molar-refractivity contribution in [3.8, 4) is 0 Å². The molecule has 1 aromatic heterocycles. The van der Waals surface area contributed by atoms with Crippen molar-refractivity contribution in [2.24, 2.45) is 5.92 Å². The van der Waals surface area contributed by atoms with E-state index in [4.69, 9.17) is 4.74 Å². The lowest BCUT2D eigenvalue weighted by Crippen LogP contribution is -2.33. The molecule has 0 fully saturated rings. The van der Waals surface area contributed by atoms with Gasteiger partial charge in [-0.15, -0.1) is 0 Å². The van der Waals surface area contributed by atoms with E-state index >= 15 is 0 Å². The summed E-state index contributed by atoms with van der Waals surface area (Å²) in [6, 6.07) is 5.46. The molecule has 1 amide bonds. The van der Waals surface area contributed by atoms with Gasteiger partial charge in [0.15, 0.2) is 0 Å². The Labute approximate surface area is 119 Å². The Bertz CT molecular complexity index is 418. The van der Waals surface area contributed by atoms with Gasteiger partial charge in [-0.1, -0.05) is 19.9 Å². The predicted octanol–water partition coefficient (Wildman–Crippen LogP) is 1.24. The molecule has 0 spiro atoms. The van der Waals surface area contributed by atoms with Gasteiger partial charge >= 0.3 is 0 Å². The minimum atomic E-state index is -0.694. The molecule has 0 aliphatic rings. The molecule has 0 radical (unpaired) electrons. The largest absolute Gasteiger partial charge is 0.389 e. The lowest BCUT2D eigenvalue weighted by atomic mass is 10.2. The molecule has 1 rings (SSSR count). The molecule has 5 heteroatoms. The van der Waals surface area contributed by atoms with E-state index in [0.29, 0.717) is 18.2 Å². The Balaban J connectivity index is 2.21. The number of amides is 1. The van der Waals surface area contributed by atoms with Crippen LogP contribution >= 0.6 is 0 Å². The number of aliphatic hydroxyl groups is 1. The molecular formula is C15H22N2O3.